The molecule has 0 heterocycles. The molecule has 2 rings (SSSR count). The Morgan fingerprint density at radius 1 is 1.20 bits per heavy atom. The Balaban J connectivity index is 1.89. The molecule has 0 radical (unpaired) electrons. The first-order valence-corrected chi connectivity index (χ1v) is 7.69. The van der Waals surface area contributed by atoms with Crippen LogP contribution >= 0.6 is 11.6 Å². The molecular weight excluding hydrogens is 272 g/mol. The molecule has 1 aliphatic rings. The molecule has 1 aliphatic carbocycles. The van der Waals surface area contributed by atoms with Gasteiger partial charge in [0.1, 0.15) is 11.9 Å². The first kappa shape index (κ1) is 15.2. The van der Waals surface area contributed by atoms with Crippen molar-refractivity contribution < 1.29 is 9.47 Å². The molecule has 0 aliphatic heterocycles. The standard InChI is InChI=1S/C17H21ClO2/c1-19-16-6-4-7-17(13-16)20-15-10-8-14(9-11-15)5-2-3-12-18/h8-11,16-17H,3-4,6-7,12-13H2,1H3. The van der Waals surface area contributed by atoms with Crippen LogP contribution in [-0.2, 0) is 4.74 Å². The average molecular weight is 293 g/mol. The van der Waals surface area contributed by atoms with Crippen molar-refractivity contribution in [3.63, 3.8) is 0 Å². The molecule has 20 heavy (non-hydrogen) atoms. The zero-order valence-corrected chi connectivity index (χ0v) is 12.7. The molecule has 2 nitrogen and oxygen atoms in total. The monoisotopic (exact) mass is 292 g/mol. The highest BCUT2D eigenvalue weighted by atomic mass is 35.5. The van der Waals surface area contributed by atoms with Gasteiger partial charge in [0, 0.05) is 31.4 Å². The summed E-state index contributed by atoms with van der Waals surface area (Å²) in [4.78, 5) is 0. The fraction of sp³-hybridized carbons (Fsp3) is 0.529. The molecule has 1 aromatic carbocycles. The largest absolute Gasteiger partial charge is 0.490 e. The molecule has 0 N–H and O–H groups in total. The van der Waals surface area contributed by atoms with Gasteiger partial charge in [0.25, 0.3) is 0 Å². The van der Waals surface area contributed by atoms with Gasteiger partial charge in [0.15, 0.2) is 0 Å². The van der Waals surface area contributed by atoms with Gasteiger partial charge < -0.3 is 9.47 Å². The quantitative estimate of drug-likeness (QED) is 0.617. The third-order valence-electron chi connectivity index (χ3n) is 3.52. The van der Waals surface area contributed by atoms with Crippen molar-refractivity contribution in [2.45, 2.75) is 44.3 Å². The summed E-state index contributed by atoms with van der Waals surface area (Å²) in [6.45, 7) is 0. The number of ether oxygens (including phenoxy) is 2. The summed E-state index contributed by atoms with van der Waals surface area (Å²) in [5.41, 5.74) is 1.00. The van der Waals surface area contributed by atoms with Gasteiger partial charge in [-0.3, -0.25) is 0 Å². The van der Waals surface area contributed by atoms with Gasteiger partial charge in [-0.2, -0.15) is 0 Å². The van der Waals surface area contributed by atoms with Gasteiger partial charge in [-0.15, -0.1) is 11.6 Å². The molecule has 0 saturated heterocycles. The van der Waals surface area contributed by atoms with E-state index < -0.39 is 0 Å². The molecule has 0 bridgehead atoms. The fourth-order valence-corrected chi connectivity index (χ4v) is 2.54. The van der Waals surface area contributed by atoms with Crippen LogP contribution in [0.15, 0.2) is 24.3 Å². The van der Waals surface area contributed by atoms with E-state index in [0.717, 1.165) is 37.0 Å². The lowest BCUT2D eigenvalue weighted by molar-refractivity contribution is 0.0210. The number of halogens is 1. The van der Waals surface area contributed by atoms with Gasteiger partial charge in [-0.05, 0) is 43.5 Å². The van der Waals surface area contributed by atoms with Crippen molar-refractivity contribution in [3.05, 3.63) is 29.8 Å². The van der Waals surface area contributed by atoms with Crippen LogP contribution in [0, 0.1) is 11.8 Å². The summed E-state index contributed by atoms with van der Waals surface area (Å²) in [5, 5.41) is 0. The zero-order chi connectivity index (χ0) is 14.2. The third kappa shape index (κ3) is 4.74. The second-order valence-corrected chi connectivity index (χ2v) is 5.41. The summed E-state index contributed by atoms with van der Waals surface area (Å²) in [6, 6.07) is 7.96. The highest BCUT2D eigenvalue weighted by molar-refractivity contribution is 6.18. The smallest absolute Gasteiger partial charge is 0.119 e. The van der Waals surface area contributed by atoms with E-state index in [9.17, 15) is 0 Å². The second-order valence-electron chi connectivity index (χ2n) is 5.03. The topological polar surface area (TPSA) is 18.5 Å². The van der Waals surface area contributed by atoms with Gasteiger partial charge in [-0.1, -0.05) is 11.8 Å². The Morgan fingerprint density at radius 3 is 2.65 bits per heavy atom. The van der Waals surface area contributed by atoms with Crippen molar-refractivity contribution in [1.29, 1.82) is 0 Å². The molecule has 2 atom stereocenters. The number of alkyl halides is 1. The summed E-state index contributed by atoms with van der Waals surface area (Å²) >= 11 is 5.59. The minimum Gasteiger partial charge on any atom is -0.490 e. The van der Waals surface area contributed by atoms with E-state index in [4.69, 9.17) is 21.1 Å². The number of benzene rings is 1. The zero-order valence-electron chi connectivity index (χ0n) is 11.9. The highest BCUT2D eigenvalue weighted by Crippen LogP contribution is 2.25. The van der Waals surface area contributed by atoms with Crippen LogP contribution < -0.4 is 4.74 Å². The average Bonchev–Trinajstić information content (AvgIpc) is 2.49. The lowest BCUT2D eigenvalue weighted by Crippen LogP contribution is -2.29. The van der Waals surface area contributed by atoms with E-state index in [1.807, 2.05) is 24.3 Å². The number of hydrogen-bond donors (Lipinski definition) is 0. The van der Waals surface area contributed by atoms with Gasteiger partial charge in [0.05, 0.1) is 6.10 Å². The Bertz CT molecular complexity index is 458. The lowest BCUT2D eigenvalue weighted by atomic mass is 9.95. The molecule has 1 aromatic rings. The van der Waals surface area contributed by atoms with Crippen molar-refractivity contribution in [1.82, 2.24) is 0 Å². The van der Waals surface area contributed by atoms with Crippen LogP contribution in [0.25, 0.3) is 0 Å². The van der Waals surface area contributed by atoms with Gasteiger partial charge >= 0.3 is 0 Å². The fourth-order valence-electron chi connectivity index (χ4n) is 2.44. The molecule has 0 aromatic heterocycles. The molecule has 0 spiro atoms. The minimum absolute atomic E-state index is 0.266. The van der Waals surface area contributed by atoms with E-state index in [-0.39, 0.29) is 6.10 Å². The first-order chi connectivity index (χ1) is 9.81. The SMILES string of the molecule is COC1CCCC(Oc2ccc(C#CCCCl)cc2)C1. The summed E-state index contributed by atoms with van der Waals surface area (Å²) in [7, 11) is 1.78. The second kappa shape index (κ2) is 8.19. The van der Waals surface area contributed by atoms with Gasteiger partial charge in [0.2, 0.25) is 0 Å². The summed E-state index contributed by atoms with van der Waals surface area (Å²) in [6.07, 6.45) is 5.73. The number of hydrogen-bond acceptors (Lipinski definition) is 2. The number of methoxy groups -OCH3 is 1. The van der Waals surface area contributed by atoms with E-state index in [0.29, 0.717) is 12.0 Å². The van der Waals surface area contributed by atoms with Crippen molar-refractivity contribution in [3.8, 4) is 17.6 Å². The predicted molar refractivity (Wildman–Crippen MR) is 82.3 cm³/mol. The van der Waals surface area contributed by atoms with E-state index in [1.165, 1.54) is 6.42 Å². The summed E-state index contributed by atoms with van der Waals surface area (Å²) < 4.78 is 11.4. The van der Waals surface area contributed by atoms with Crippen LogP contribution in [0.5, 0.6) is 5.75 Å². The number of rotatable bonds is 4. The van der Waals surface area contributed by atoms with Crippen molar-refractivity contribution in [2.75, 3.05) is 13.0 Å². The molecule has 3 heteroatoms. The molecular formula is C17H21ClO2. The normalized spacial score (nSPS) is 21.9. The minimum atomic E-state index is 0.266. The van der Waals surface area contributed by atoms with Crippen LogP contribution in [-0.4, -0.2) is 25.2 Å². The lowest BCUT2D eigenvalue weighted by Gasteiger charge is -2.28. The van der Waals surface area contributed by atoms with Crippen LogP contribution in [0.4, 0.5) is 0 Å². The highest BCUT2D eigenvalue weighted by Gasteiger charge is 2.22. The maximum Gasteiger partial charge on any atom is 0.119 e. The van der Waals surface area contributed by atoms with Crippen LogP contribution in [0.2, 0.25) is 0 Å². The Hall–Kier alpha value is -1.17. The Morgan fingerprint density at radius 2 is 1.95 bits per heavy atom. The molecule has 108 valence electrons. The van der Waals surface area contributed by atoms with Crippen LogP contribution in [0.1, 0.15) is 37.7 Å². The van der Waals surface area contributed by atoms with Crippen LogP contribution in [0.3, 0.4) is 0 Å². The molecule has 2 unspecified atom stereocenters. The van der Waals surface area contributed by atoms with Crippen molar-refractivity contribution in [2.24, 2.45) is 0 Å². The maximum atomic E-state index is 6.02. The van der Waals surface area contributed by atoms with E-state index in [1.54, 1.807) is 7.11 Å². The maximum absolute atomic E-state index is 6.02. The molecule has 0 amide bonds. The van der Waals surface area contributed by atoms with E-state index >= 15 is 0 Å². The molecule has 1 saturated carbocycles. The third-order valence-corrected chi connectivity index (χ3v) is 3.71. The first-order valence-electron chi connectivity index (χ1n) is 7.16. The Labute approximate surface area is 126 Å². The van der Waals surface area contributed by atoms with Gasteiger partial charge in [-0.25, -0.2) is 0 Å². The van der Waals surface area contributed by atoms with E-state index in [2.05, 4.69) is 11.8 Å². The predicted octanol–water partition coefficient (Wildman–Crippen LogP) is 4.00. The van der Waals surface area contributed by atoms with Crippen molar-refractivity contribution >= 4 is 11.6 Å². The molecule has 1 fully saturated rings. The summed E-state index contributed by atoms with van der Waals surface area (Å²) in [5.74, 6) is 7.60. The Kier molecular flexibility index (Phi) is 6.24.